The van der Waals surface area contributed by atoms with E-state index in [0.717, 1.165) is 5.56 Å². The maximum atomic E-state index is 13.8. The highest BCUT2D eigenvalue weighted by molar-refractivity contribution is 6.30. The van der Waals surface area contributed by atoms with Gasteiger partial charge in [-0.15, -0.1) is 0 Å². The van der Waals surface area contributed by atoms with E-state index in [0.29, 0.717) is 33.2 Å². The number of nitrogens with zero attached hydrogens (tertiary/aromatic N) is 1. The van der Waals surface area contributed by atoms with E-state index in [1.165, 1.54) is 6.07 Å². The van der Waals surface area contributed by atoms with Crippen LogP contribution < -0.4 is 9.47 Å². The van der Waals surface area contributed by atoms with Crippen LogP contribution in [0, 0.1) is 17.1 Å². The van der Waals surface area contributed by atoms with Crippen LogP contribution in [0.1, 0.15) is 16.7 Å². The lowest BCUT2D eigenvalue weighted by Gasteiger charge is -2.11. The summed E-state index contributed by atoms with van der Waals surface area (Å²) in [6.07, 6.45) is 1.70. The van der Waals surface area contributed by atoms with E-state index >= 15 is 0 Å². The Balaban J connectivity index is 1.91. The molecule has 3 aromatic carbocycles. The molecule has 0 saturated heterocycles. The zero-order chi connectivity index (χ0) is 19.9. The third-order valence-corrected chi connectivity index (χ3v) is 4.37. The highest BCUT2D eigenvalue weighted by Gasteiger charge is 2.09. The molecule has 0 heterocycles. The molecular formula is C23H17ClFNO2. The van der Waals surface area contributed by atoms with Crippen LogP contribution >= 0.6 is 11.6 Å². The Morgan fingerprint density at radius 1 is 1.11 bits per heavy atom. The highest BCUT2D eigenvalue weighted by atomic mass is 35.5. The highest BCUT2D eigenvalue weighted by Crippen LogP contribution is 2.29. The first-order valence-electron chi connectivity index (χ1n) is 8.52. The first-order chi connectivity index (χ1) is 13.6. The van der Waals surface area contributed by atoms with E-state index in [2.05, 4.69) is 6.07 Å². The summed E-state index contributed by atoms with van der Waals surface area (Å²) >= 11 is 6.13. The normalized spacial score (nSPS) is 11.0. The second-order valence-electron chi connectivity index (χ2n) is 5.96. The summed E-state index contributed by atoms with van der Waals surface area (Å²) in [6, 6.07) is 20.9. The first kappa shape index (κ1) is 19.5. The van der Waals surface area contributed by atoms with Gasteiger partial charge in [0.1, 0.15) is 23.9 Å². The van der Waals surface area contributed by atoms with Crippen molar-refractivity contribution in [3.8, 4) is 17.6 Å². The number of rotatable bonds is 6. The number of hydrogen-bond acceptors (Lipinski definition) is 3. The Morgan fingerprint density at radius 2 is 1.86 bits per heavy atom. The number of ether oxygens (including phenoxy) is 2. The molecule has 0 spiro atoms. The molecule has 0 bridgehead atoms. The van der Waals surface area contributed by atoms with Crippen molar-refractivity contribution in [2.45, 2.75) is 6.61 Å². The number of halogens is 2. The third kappa shape index (κ3) is 4.70. The van der Waals surface area contributed by atoms with Gasteiger partial charge in [-0.05, 0) is 60.2 Å². The van der Waals surface area contributed by atoms with Gasteiger partial charge >= 0.3 is 0 Å². The standard InChI is InChI=1S/C23H17ClFNO2/c1-27-21-9-6-16(7-10-21)19(14-26)12-18-13-20(24)8-11-23(18)28-15-17-4-2-3-5-22(17)25/h2-13H,15H2,1H3/b19-12+. The first-order valence-corrected chi connectivity index (χ1v) is 8.90. The number of nitriles is 1. The van der Waals surface area contributed by atoms with Crippen LogP contribution in [0.25, 0.3) is 11.6 Å². The molecule has 0 N–H and O–H groups in total. The zero-order valence-corrected chi connectivity index (χ0v) is 15.9. The molecule has 0 saturated carbocycles. The van der Waals surface area contributed by atoms with Crippen LogP contribution in [0.3, 0.4) is 0 Å². The van der Waals surface area contributed by atoms with Gasteiger partial charge in [-0.1, -0.05) is 29.8 Å². The summed E-state index contributed by atoms with van der Waals surface area (Å²) in [5, 5.41) is 10.1. The van der Waals surface area contributed by atoms with Crippen molar-refractivity contribution in [1.82, 2.24) is 0 Å². The fraction of sp³-hybridized carbons (Fsp3) is 0.0870. The van der Waals surface area contributed by atoms with Crippen LogP contribution in [0.5, 0.6) is 11.5 Å². The summed E-state index contributed by atoms with van der Waals surface area (Å²) < 4.78 is 24.8. The quantitative estimate of drug-likeness (QED) is 0.373. The molecule has 0 amide bonds. The number of hydrogen-bond donors (Lipinski definition) is 0. The lowest BCUT2D eigenvalue weighted by Crippen LogP contribution is -1.99. The van der Waals surface area contributed by atoms with Crippen molar-refractivity contribution < 1.29 is 13.9 Å². The van der Waals surface area contributed by atoms with Crippen LogP contribution in [0.2, 0.25) is 5.02 Å². The van der Waals surface area contributed by atoms with Crippen molar-refractivity contribution in [3.63, 3.8) is 0 Å². The van der Waals surface area contributed by atoms with Gasteiger partial charge in [-0.25, -0.2) is 4.39 Å². The van der Waals surface area contributed by atoms with Crippen LogP contribution in [-0.2, 0) is 6.61 Å². The SMILES string of the molecule is COc1ccc(/C(C#N)=C/c2cc(Cl)ccc2OCc2ccccc2F)cc1. The average molecular weight is 394 g/mol. The summed E-state index contributed by atoms with van der Waals surface area (Å²) in [5.41, 5.74) is 2.27. The molecule has 3 aromatic rings. The molecule has 140 valence electrons. The molecule has 0 atom stereocenters. The lowest BCUT2D eigenvalue weighted by atomic mass is 10.0. The summed E-state index contributed by atoms with van der Waals surface area (Å²) in [7, 11) is 1.58. The molecule has 0 aromatic heterocycles. The Hall–Kier alpha value is -3.29. The monoisotopic (exact) mass is 393 g/mol. The smallest absolute Gasteiger partial charge is 0.129 e. The second kappa shape index (κ2) is 9.07. The maximum Gasteiger partial charge on any atom is 0.129 e. The van der Waals surface area contributed by atoms with Crippen molar-refractivity contribution in [3.05, 3.63) is 94.3 Å². The third-order valence-electron chi connectivity index (χ3n) is 4.13. The molecule has 28 heavy (non-hydrogen) atoms. The minimum Gasteiger partial charge on any atom is -0.497 e. The van der Waals surface area contributed by atoms with E-state index in [4.69, 9.17) is 21.1 Å². The van der Waals surface area contributed by atoms with Gasteiger partial charge in [0.25, 0.3) is 0 Å². The largest absolute Gasteiger partial charge is 0.497 e. The van der Waals surface area contributed by atoms with Crippen molar-refractivity contribution in [1.29, 1.82) is 5.26 Å². The van der Waals surface area contributed by atoms with Crippen molar-refractivity contribution in [2.75, 3.05) is 7.11 Å². The van der Waals surface area contributed by atoms with E-state index in [1.54, 1.807) is 73.8 Å². The number of methoxy groups -OCH3 is 1. The molecule has 5 heteroatoms. The molecule has 3 nitrogen and oxygen atoms in total. The van der Waals surface area contributed by atoms with Gasteiger partial charge < -0.3 is 9.47 Å². The topological polar surface area (TPSA) is 42.2 Å². The fourth-order valence-electron chi connectivity index (χ4n) is 2.64. The molecule has 0 aliphatic rings. The Morgan fingerprint density at radius 3 is 2.54 bits per heavy atom. The number of allylic oxidation sites excluding steroid dienone is 1. The van der Waals surface area contributed by atoms with Gasteiger partial charge in [0.15, 0.2) is 0 Å². The predicted octanol–water partition coefficient (Wildman–Crippen LogP) is 6.13. The van der Waals surface area contributed by atoms with Gasteiger partial charge in [0, 0.05) is 16.1 Å². The summed E-state index contributed by atoms with van der Waals surface area (Å²) in [4.78, 5) is 0. The van der Waals surface area contributed by atoms with Crippen molar-refractivity contribution in [2.24, 2.45) is 0 Å². The molecule has 0 aliphatic carbocycles. The summed E-state index contributed by atoms with van der Waals surface area (Å²) in [6.45, 7) is 0.0690. The molecular weight excluding hydrogens is 377 g/mol. The van der Waals surface area contributed by atoms with Crippen LogP contribution in [0.4, 0.5) is 4.39 Å². The minimum absolute atomic E-state index is 0.0690. The van der Waals surface area contributed by atoms with E-state index in [1.807, 2.05) is 0 Å². The van der Waals surface area contributed by atoms with Crippen LogP contribution in [0.15, 0.2) is 66.7 Å². The Bertz CT molecular complexity index is 1040. The molecule has 0 aliphatic heterocycles. The predicted molar refractivity (Wildman–Crippen MR) is 109 cm³/mol. The van der Waals surface area contributed by atoms with Gasteiger partial charge in [-0.2, -0.15) is 5.26 Å². The van der Waals surface area contributed by atoms with E-state index in [-0.39, 0.29) is 12.4 Å². The van der Waals surface area contributed by atoms with Gasteiger partial charge in [-0.3, -0.25) is 0 Å². The number of benzene rings is 3. The Kier molecular flexibility index (Phi) is 6.31. The molecule has 3 rings (SSSR count). The fourth-order valence-corrected chi connectivity index (χ4v) is 2.82. The molecule has 0 fully saturated rings. The lowest BCUT2D eigenvalue weighted by molar-refractivity contribution is 0.299. The second-order valence-corrected chi connectivity index (χ2v) is 6.40. The maximum absolute atomic E-state index is 13.8. The average Bonchev–Trinajstić information content (AvgIpc) is 2.72. The molecule has 0 unspecified atom stereocenters. The molecule has 0 radical (unpaired) electrons. The van der Waals surface area contributed by atoms with Crippen LogP contribution in [-0.4, -0.2) is 7.11 Å². The van der Waals surface area contributed by atoms with Gasteiger partial charge in [0.2, 0.25) is 0 Å². The zero-order valence-electron chi connectivity index (χ0n) is 15.2. The van der Waals surface area contributed by atoms with Crippen molar-refractivity contribution >= 4 is 23.3 Å². The van der Waals surface area contributed by atoms with E-state index < -0.39 is 0 Å². The minimum atomic E-state index is -0.329. The Labute approximate surface area is 168 Å². The van der Waals surface area contributed by atoms with E-state index in [9.17, 15) is 9.65 Å². The summed E-state index contributed by atoms with van der Waals surface area (Å²) in [5.74, 6) is 0.885. The van der Waals surface area contributed by atoms with Gasteiger partial charge in [0.05, 0.1) is 18.8 Å².